The standard InChI is InChI=1S/C17H28N2O/c1-14(2)13-20-11-5-9-19-17-8-10-18-12-15-6-3-4-7-16(15)17/h3-4,6-7,14,17-19H,5,8-13H2,1-2H3. The van der Waals surface area contributed by atoms with Crippen molar-refractivity contribution in [3.63, 3.8) is 0 Å². The van der Waals surface area contributed by atoms with Crippen LogP contribution in [-0.4, -0.2) is 26.3 Å². The highest BCUT2D eigenvalue weighted by atomic mass is 16.5. The summed E-state index contributed by atoms with van der Waals surface area (Å²) in [5, 5.41) is 7.18. The quantitative estimate of drug-likeness (QED) is 0.751. The van der Waals surface area contributed by atoms with Gasteiger partial charge < -0.3 is 15.4 Å². The smallest absolute Gasteiger partial charge is 0.0489 e. The van der Waals surface area contributed by atoms with E-state index in [0.29, 0.717) is 12.0 Å². The monoisotopic (exact) mass is 276 g/mol. The van der Waals surface area contributed by atoms with Gasteiger partial charge in [0.1, 0.15) is 0 Å². The first kappa shape index (κ1) is 15.5. The third-order valence-electron chi connectivity index (χ3n) is 3.66. The number of nitrogens with one attached hydrogen (secondary N) is 2. The van der Waals surface area contributed by atoms with E-state index in [4.69, 9.17) is 4.74 Å². The second kappa shape index (κ2) is 8.40. The largest absolute Gasteiger partial charge is 0.381 e. The van der Waals surface area contributed by atoms with E-state index in [2.05, 4.69) is 48.7 Å². The van der Waals surface area contributed by atoms with Crippen molar-refractivity contribution in [2.75, 3.05) is 26.3 Å². The maximum Gasteiger partial charge on any atom is 0.0489 e. The van der Waals surface area contributed by atoms with Crippen molar-refractivity contribution in [2.45, 2.75) is 39.3 Å². The first-order chi connectivity index (χ1) is 9.77. The fourth-order valence-corrected chi connectivity index (χ4v) is 2.64. The van der Waals surface area contributed by atoms with Crippen LogP contribution in [0.4, 0.5) is 0 Å². The molecule has 2 N–H and O–H groups in total. The highest BCUT2D eigenvalue weighted by molar-refractivity contribution is 5.30. The van der Waals surface area contributed by atoms with Gasteiger partial charge in [0.2, 0.25) is 0 Å². The Morgan fingerprint density at radius 1 is 1.35 bits per heavy atom. The Labute approximate surface area is 123 Å². The van der Waals surface area contributed by atoms with Gasteiger partial charge in [-0.15, -0.1) is 0 Å². The first-order valence-corrected chi connectivity index (χ1v) is 7.87. The zero-order valence-electron chi connectivity index (χ0n) is 12.8. The lowest BCUT2D eigenvalue weighted by molar-refractivity contribution is 0.107. The molecule has 0 spiro atoms. The minimum Gasteiger partial charge on any atom is -0.381 e. The first-order valence-electron chi connectivity index (χ1n) is 7.87. The fraction of sp³-hybridized carbons (Fsp3) is 0.647. The van der Waals surface area contributed by atoms with Crippen LogP contribution < -0.4 is 10.6 Å². The van der Waals surface area contributed by atoms with Crippen molar-refractivity contribution in [2.24, 2.45) is 5.92 Å². The minimum atomic E-state index is 0.478. The molecule has 1 aliphatic rings. The van der Waals surface area contributed by atoms with E-state index in [1.54, 1.807) is 0 Å². The number of rotatable bonds is 7. The van der Waals surface area contributed by atoms with E-state index in [-0.39, 0.29) is 0 Å². The van der Waals surface area contributed by atoms with Gasteiger partial charge in [-0.2, -0.15) is 0 Å². The molecule has 0 saturated carbocycles. The molecule has 1 unspecified atom stereocenters. The van der Waals surface area contributed by atoms with Crippen molar-refractivity contribution < 1.29 is 4.74 Å². The summed E-state index contributed by atoms with van der Waals surface area (Å²) in [7, 11) is 0. The van der Waals surface area contributed by atoms with Gasteiger partial charge in [0, 0.05) is 25.8 Å². The Morgan fingerprint density at radius 3 is 3.05 bits per heavy atom. The molecule has 0 fully saturated rings. The average molecular weight is 276 g/mol. The molecule has 0 bridgehead atoms. The fourth-order valence-electron chi connectivity index (χ4n) is 2.64. The predicted molar refractivity (Wildman–Crippen MR) is 83.8 cm³/mol. The third-order valence-corrected chi connectivity index (χ3v) is 3.66. The summed E-state index contributed by atoms with van der Waals surface area (Å²) in [4.78, 5) is 0. The summed E-state index contributed by atoms with van der Waals surface area (Å²) in [5.41, 5.74) is 2.89. The molecule has 1 aromatic carbocycles. The zero-order valence-corrected chi connectivity index (χ0v) is 12.8. The van der Waals surface area contributed by atoms with E-state index in [9.17, 15) is 0 Å². The lowest BCUT2D eigenvalue weighted by Crippen LogP contribution is -2.25. The topological polar surface area (TPSA) is 33.3 Å². The van der Waals surface area contributed by atoms with E-state index >= 15 is 0 Å². The highest BCUT2D eigenvalue weighted by Gasteiger charge is 2.16. The molecule has 1 heterocycles. The van der Waals surface area contributed by atoms with Gasteiger partial charge in [-0.25, -0.2) is 0 Å². The van der Waals surface area contributed by atoms with Gasteiger partial charge in [-0.05, 0) is 43.0 Å². The van der Waals surface area contributed by atoms with Crippen molar-refractivity contribution in [3.05, 3.63) is 35.4 Å². The lowest BCUT2D eigenvalue weighted by Gasteiger charge is -2.19. The number of benzene rings is 1. The van der Waals surface area contributed by atoms with Crippen molar-refractivity contribution in [3.8, 4) is 0 Å². The Morgan fingerprint density at radius 2 is 2.20 bits per heavy atom. The molecule has 112 valence electrons. The molecular formula is C17H28N2O. The number of fused-ring (bicyclic) bond motifs is 1. The van der Waals surface area contributed by atoms with Crippen molar-refractivity contribution >= 4 is 0 Å². The van der Waals surface area contributed by atoms with Gasteiger partial charge in [0.15, 0.2) is 0 Å². The van der Waals surface area contributed by atoms with Crippen LogP contribution in [0, 0.1) is 5.92 Å². The normalized spacial score (nSPS) is 18.9. The van der Waals surface area contributed by atoms with Crippen LogP contribution in [0.3, 0.4) is 0 Å². The Kier molecular flexibility index (Phi) is 6.51. The Balaban J connectivity index is 1.75. The van der Waals surface area contributed by atoms with Gasteiger partial charge in [0.05, 0.1) is 0 Å². The molecule has 0 saturated heterocycles. The summed E-state index contributed by atoms with van der Waals surface area (Å²) in [6, 6.07) is 9.24. The van der Waals surface area contributed by atoms with Crippen LogP contribution in [0.2, 0.25) is 0 Å². The summed E-state index contributed by atoms with van der Waals surface area (Å²) < 4.78 is 5.63. The Bertz CT molecular complexity index is 392. The second-order valence-corrected chi connectivity index (χ2v) is 5.99. The third kappa shape index (κ3) is 4.89. The molecule has 1 aliphatic heterocycles. The number of ether oxygens (including phenoxy) is 1. The Hall–Kier alpha value is -0.900. The van der Waals surface area contributed by atoms with Gasteiger partial charge in [-0.1, -0.05) is 38.1 Å². The molecule has 0 aliphatic carbocycles. The maximum absolute atomic E-state index is 5.63. The molecule has 0 amide bonds. The van der Waals surface area contributed by atoms with Crippen LogP contribution in [0.1, 0.15) is 43.9 Å². The minimum absolute atomic E-state index is 0.478. The van der Waals surface area contributed by atoms with Gasteiger partial charge >= 0.3 is 0 Å². The van der Waals surface area contributed by atoms with E-state index in [1.165, 1.54) is 11.1 Å². The van der Waals surface area contributed by atoms with Crippen LogP contribution >= 0.6 is 0 Å². The highest BCUT2D eigenvalue weighted by Crippen LogP contribution is 2.23. The molecule has 1 aromatic rings. The molecule has 3 nitrogen and oxygen atoms in total. The summed E-state index contributed by atoms with van der Waals surface area (Å²) in [6.07, 6.45) is 2.24. The lowest BCUT2D eigenvalue weighted by atomic mass is 9.99. The zero-order chi connectivity index (χ0) is 14.2. The van der Waals surface area contributed by atoms with Crippen molar-refractivity contribution in [1.29, 1.82) is 0 Å². The molecule has 0 radical (unpaired) electrons. The molecular weight excluding hydrogens is 248 g/mol. The van der Waals surface area contributed by atoms with Crippen LogP contribution in [0.25, 0.3) is 0 Å². The van der Waals surface area contributed by atoms with E-state index < -0.39 is 0 Å². The summed E-state index contributed by atoms with van der Waals surface area (Å²) >= 11 is 0. The average Bonchev–Trinajstić information content (AvgIpc) is 2.65. The SMILES string of the molecule is CC(C)COCCCNC1CCNCc2ccccc21. The molecule has 1 atom stereocenters. The van der Waals surface area contributed by atoms with Crippen LogP contribution in [-0.2, 0) is 11.3 Å². The number of hydrogen-bond acceptors (Lipinski definition) is 3. The molecule has 0 aromatic heterocycles. The van der Waals surface area contributed by atoms with Crippen molar-refractivity contribution in [1.82, 2.24) is 10.6 Å². The summed E-state index contributed by atoms with van der Waals surface area (Å²) in [6.45, 7) is 9.20. The van der Waals surface area contributed by atoms with Gasteiger partial charge in [0.25, 0.3) is 0 Å². The molecule has 3 heteroatoms. The molecule has 20 heavy (non-hydrogen) atoms. The van der Waals surface area contributed by atoms with Gasteiger partial charge in [-0.3, -0.25) is 0 Å². The number of hydrogen-bond donors (Lipinski definition) is 2. The predicted octanol–water partition coefficient (Wildman–Crippen LogP) is 2.87. The maximum atomic E-state index is 5.63. The summed E-state index contributed by atoms with van der Waals surface area (Å²) in [5.74, 6) is 0.628. The molecule has 2 rings (SSSR count). The second-order valence-electron chi connectivity index (χ2n) is 5.99. The van der Waals surface area contributed by atoms with E-state index in [1.807, 2.05) is 0 Å². The van der Waals surface area contributed by atoms with Crippen LogP contribution in [0.5, 0.6) is 0 Å². The van der Waals surface area contributed by atoms with Crippen LogP contribution in [0.15, 0.2) is 24.3 Å². The van der Waals surface area contributed by atoms with E-state index in [0.717, 1.165) is 45.7 Å².